The van der Waals surface area contributed by atoms with Gasteiger partial charge in [-0.15, -0.1) is 0 Å². The molecule has 0 atom stereocenters. The highest BCUT2D eigenvalue weighted by Gasteiger charge is 2.35. The van der Waals surface area contributed by atoms with Gasteiger partial charge in [0.15, 0.2) is 0 Å². The van der Waals surface area contributed by atoms with E-state index in [1.807, 2.05) is 0 Å². The van der Waals surface area contributed by atoms with E-state index in [-0.39, 0.29) is 26.1 Å². The van der Waals surface area contributed by atoms with Crippen LogP contribution in [0.4, 0.5) is 0 Å². The SMILES string of the molecule is CNC(=O)c1c(Br)c(C(=O)O)c(C(=O)NC2CCC(CC3CCC(C)CC3)CC2)c(Br)c1C(=O)O. The molecule has 1 aromatic rings. The van der Waals surface area contributed by atoms with Crippen molar-refractivity contribution >= 4 is 55.6 Å². The summed E-state index contributed by atoms with van der Waals surface area (Å²) in [5.74, 6) is -2.10. The van der Waals surface area contributed by atoms with Crippen LogP contribution in [0.5, 0.6) is 0 Å². The van der Waals surface area contributed by atoms with Gasteiger partial charge in [0.25, 0.3) is 11.8 Å². The Kier molecular flexibility index (Phi) is 9.37. The summed E-state index contributed by atoms with van der Waals surface area (Å²) in [6.07, 6.45) is 10.1. The fraction of sp³-hybridized carbons (Fsp3) is 0.600. The zero-order valence-corrected chi connectivity index (χ0v) is 23.1. The lowest BCUT2D eigenvalue weighted by Gasteiger charge is -2.33. The molecule has 0 aromatic heterocycles. The lowest BCUT2D eigenvalue weighted by atomic mass is 9.74. The van der Waals surface area contributed by atoms with Gasteiger partial charge in [0, 0.05) is 22.0 Å². The van der Waals surface area contributed by atoms with Gasteiger partial charge in [-0.2, -0.15) is 0 Å². The van der Waals surface area contributed by atoms with Crippen LogP contribution in [-0.4, -0.2) is 47.1 Å². The predicted octanol–water partition coefficient (Wildman–Crippen LogP) is 5.47. The van der Waals surface area contributed by atoms with E-state index in [0.29, 0.717) is 5.92 Å². The van der Waals surface area contributed by atoms with Crippen LogP contribution in [0.2, 0.25) is 0 Å². The summed E-state index contributed by atoms with van der Waals surface area (Å²) in [5, 5.41) is 24.8. The summed E-state index contributed by atoms with van der Waals surface area (Å²) in [4.78, 5) is 49.6. The first kappa shape index (κ1) is 27.6. The minimum atomic E-state index is -1.46. The van der Waals surface area contributed by atoms with Crippen molar-refractivity contribution in [1.29, 1.82) is 0 Å². The van der Waals surface area contributed by atoms with Gasteiger partial charge >= 0.3 is 11.9 Å². The maximum Gasteiger partial charge on any atom is 0.337 e. The van der Waals surface area contributed by atoms with Gasteiger partial charge < -0.3 is 20.8 Å². The number of amides is 2. The van der Waals surface area contributed by atoms with Crippen LogP contribution in [0, 0.1) is 17.8 Å². The Labute approximate surface area is 221 Å². The number of halogens is 2. The molecule has 0 spiro atoms. The molecule has 0 aliphatic heterocycles. The van der Waals surface area contributed by atoms with Crippen molar-refractivity contribution in [2.24, 2.45) is 17.8 Å². The molecule has 35 heavy (non-hydrogen) atoms. The Morgan fingerprint density at radius 3 is 1.60 bits per heavy atom. The summed E-state index contributed by atoms with van der Waals surface area (Å²) in [6.45, 7) is 2.32. The standard InChI is InChI=1S/C25H32Br2N2O6/c1-12-3-5-13(6-4-12)11-14-7-9-15(10-8-14)29-23(31)17-19(25(34)35)20(26)16(22(30)28-2)18(21(17)27)24(32)33/h12-15H,3-11H2,1-2H3,(H,28,30)(H,29,31)(H,32,33)(H,34,35). The summed E-state index contributed by atoms with van der Waals surface area (Å²) in [6, 6.07) is -0.121. The summed E-state index contributed by atoms with van der Waals surface area (Å²) in [7, 11) is 1.31. The third-order valence-corrected chi connectivity index (χ3v) is 9.06. The highest BCUT2D eigenvalue weighted by Crippen LogP contribution is 2.38. The number of hydrogen-bond acceptors (Lipinski definition) is 4. The Morgan fingerprint density at radius 1 is 0.743 bits per heavy atom. The summed E-state index contributed by atoms with van der Waals surface area (Å²) < 4.78 is -0.484. The number of carbonyl (C=O) groups excluding carboxylic acids is 2. The first-order valence-corrected chi connectivity index (χ1v) is 13.7. The van der Waals surface area contributed by atoms with E-state index in [2.05, 4.69) is 49.4 Å². The van der Waals surface area contributed by atoms with Crippen LogP contribution >= 0.6 is 31.9 Å². The molecular weight excluding hydrogens is 584 g/mol. The average Bonchev–Trinajstić information content (AvgIpc) is 2.81. The summed E-state index contributed by atoms with van der Waals surface area (Å²) >= 11 is 6.19. The third-order valence-electron chi connectivity index (χ3n) is 7.47. The van der Waals surface area contributed by atoms with Gasteiger partial charge in [-0.1, -0.05) is 32.6 Å². The zero-order valence-electron chi connectivity index (χ0n) is 20.0. The highest BCUT2D eigenvalue weighted by atomic mass is 79.9. The molecule has 2 fully saturated rings. The predicted molar refractivity (Wildman–Crippen MR) is 138 cm³/mol. The second-order valence-electron chi connectivity index (χ2n) is 9.87. The van der Waals surface area contributed by atoms with Gasteiger partial charge in [0.1, 0.15) is 0 Å². The molecule has 2 saturated carbocycles. The number of rotatable bonds is 7. The second-order valence-corrected chi connectivity index (χ2v) is 11.5. The van der Waals surface area contributed by atoms with Crippen molar-refractivity contribution in [2.75, 3.05) is 7.05 Å². The Morgan fingerprint density at radius 2 is 1.17 bits per heavy atom. The number of nitrogens with one attached hydrogen (secondary N) is 2. The molecule has 2 amide bonds. The molecule has 0 bridgehead atoms. The number of carbonyl (C=O) groups is 4. The number of carboxylic acid groups (broad SMARTS) is 2. The maximum atomic E-state index is 13.2. The number of hydrogen-bond donors (Lipinski definition) is 4. The van der Waals surface area contributed by atoms with E-state index in [1.165, 1.54) is 39.2 Å². The van der Waals surface area contributed by atoms with Crippen molar-refractivity contribution in [3.8, 4) is 0 Å². The van der Waals surface area contributed by atoms with Crippen molar-refractivity contribution in [1.82, 2.24) is 10.6 Å². The van der Waals surface area contributed by atoms with E-state index in [0.717, 1.165) is 37.5 Å². The highest BCUT2D eigenvalue weighted by molar-refractivity contribution is 9.11. The van der Waals surface area contributed by atoms with Gasteiger partial charge in [0.05, 0.1) is 22.3 Å². The smallest absolute Gasteiger partial charge is 0.337 e. The third kappa shape index (κ3) is 6.25. The molecule has 0 heterocycles. The monoisotopic (exact) mass is 614 g/mol. The van der Waals surface area contributed by atoms with Crippen molar-refractivity contribution in [3.63, 3.8) is 0 Å². The van der Waals surface area contributed by atoms with Crippen LogP contribution < -0.4 is 10.6 Å². The van der Waals surface area contributed by atoms with Crippen LogP contribution in [-0.2, 0) is 0 Å². The fourth-order valence-electron chi connectivity index (χ4n) is 5.48. The lowest BCUT2D eigenvalue weighted by Crippen LogP contribution is -2.39. The van der Waals surface area contributed by atoms with E-state index >= 15 is 0 Å². The molecule has 8 nitrogen and oxygen atoms in total. The Balaban J connectivity index is 1.77. The molecule has 1 aromatic carbocycles. The number of aromatic carboxylic acids is 2. The minimum Gasteiger partial charge on any atom is -0.478 e. The largest absolute Gasteiger partial charge is 0.478 e. The normalized spacial score (nSPS) is 24.5. The van der Waals surface area contributed by atoms with Crippen LogP contribution in [0.1, 0.15) is 106 Å². The molecule has 0 unspecified atom stereocenters. The Bertz CT molecular complexity index is 1010. The van der Waals surface area contributed by atoms with E-state index in [4.69, 9.17) is 0 Å². The molecule has 192 valence electrons. The zero-order chi connectivity index (χ0) is 25.9. The topological polar surface area (TPSA) is 133 Å². The molecule has 3 rings (SSSR count). The van der Waals surface area contributed by atoms with Crippen molar-refractivity contribution in [2.45, 2.75) is 70.8 Å². The molecule has 2 aliphatic carbocycles. The lowest BCUT2D eigenvalue weighted by molar-refractivity contribution is 0.0673. The molecule has 0 radical (unpaired) electrons. The van der Waals surface area contributed by atoms with Crippen molar-refractivity contribution < 1.29 is 29.4 Å². The van der Waals surface area contributed by atoms with Gasteiger partial charge in [0.2, 0.25) is 0 Å². The van der Waals surface area contributed by atoms with E-state index < -0.39 is 34.9 Å². The maximum absolute atomic E-state index is 13.2. The van der Waals surface area contributed by atoms with Gasteiger partial charge in [-0.3, -0.25) is 9.59 Å². The molecular formula is C25H32Br2N2O6. The first-order valence-electron chi connectivity index (χ1n) is 12.1. The van der Waals surface area contributed by atoms with Gasteiger partial charge in [-0.05, 0) is 81.7 Å². The minimum absolute atomic E-state index is 0.121. The first-order chi connectivity index (χ1) is 16.5. The average molecular weight is 616 g/mol. The fourth-order valence-corrected chi connectivity index (χ4v) is 6.97. The summed E-state index contributed by atoms with van der Waals surface area (Å²) in [5.41, 5.74) is -1.61. The molecule has 2 aliphatic rings. The van der Waals surface area contributed by atoms with E-state index in [1.54, 1.807) is 0 Å². The van der Waals surface area contributed by atoms with Crippen LogP contribution in [0.3, 0.4) is 0 Å². The second kappa shape index (κ2) is 11.9. The Hall–Kier alpha value is -1.94. The number of benzene rings is 1. The van der Waals surface area contributed by atoms with Crippen molar-refractivity contribution in [3.05, 3.63) is 31.2 Å². The molecule has 4 N–H and O–H groups in total. The van der Waals surface area contributed by atoms with E-state index in [9.17, 15) is 29.4 Å². The molecule has 10 heteroatoms. The molecule has 0 saturated heterocycles. The number of carboxylic acids is 2. The van der Waals surface area contributed by atoms with Crippen LogP contribution in [0.25, 0.3) is 0 Å². The van der Waals surface area contributed by atoms with Crippen LogP contribution in [0.15, 0.2) is 8.95 Å². The quantitative estimate of drug-likeness (QED) is 0.321. The van der Waals surface area contributed by atoms with Gasteiger partial charge in [-0.25, -0.2) is 9.59 Å².